The van der Waals surface area contributed by atoms with Crippen LogP contribution in [0.25, 0.3) is 0 Å². The van der Waals surface area contributed by atoms with Gasteiger partial charge in [-0.15, -0.1) is 0 Å². The highest BCUT2D eigenvalue weighted by Crippen LogP contribution is 2.15. The third-order valence-corrected chi connectivity index (χ3v) is 4.83. The maximum atomic E-state index is 12.4. The number of halogens is 1. The number of benzene rings is 2. The molecule has 116 valence electrons. The van der Waals surface area contributed by atoms with Crippen molar-refractivity contribution >= 4 is 31.7 Å². The first-order valence-corrected chi connectivity index (χ1v) is 9.26. The second kappa shape index (κ2) is 6.62. The third kappa shape index (κ3) is 4.18. The van der Waals surface area contributed by atoms with Crippen LogP contribution in [0.2, 0.25) is 0 Å². The maximum Gasteiger partial charge on any atom is 0.253 e. The van der Waals surface area contributed by atoms with Gasteiger partial charge in [0.1, 0.15) is 0 Å². The Morgan fingerprint density at radius 2 is 1.77 bits per heavy atom. The lowest BCUT2D eigenvalue weighted by Crippen LogP contribution is -2.26. The van der Waals surface area contributed by atoms with E-state index >= 15 is 0 Å². The van der Waals surface area contributed by atoms with Gasteiger partial charge in [-0.05, 0) is 35.9 Å². The fraction of sp³-hybridized carbons (Fsp3) is 0.188. The monoisotopic (exact) mass is 381 g/mol. The first-order chi connectivity index (χ1) is 10.3. The molecule has 0 saturated heterocycles. The molecule has 0 atom stereocenters. The summed E-state index contributed by atoms with van der Waals surface area (Å²) in [5.74, 6) is -0.214. The van der Waals surface area contributed by atoms with Gasteiger partial charge in [0.15, 0.2) is 9.84 Å². The Balaban J connectivity index is 2.18. The number of nitrogens with zero attached hydrogens (tertiary/aromatic N) is 1. The van der Waals surface area contributed by atoms with Gasteiger partial charge in [-0.3, -0.25) is 4.79 Å². The lowest BCUT2D eigenvalue weighted by atomic mass is 10.1. The lowest BCUT2D eigenvalue weighted by Gasteiger charge is -2.17. The maximum absolute atomic E-state index is 12.4. The molecule has 4 nitrogen and oxygen atoms in total. The first-order valence-electron chi connectivity index (χ1n) is 6.57. The molecule has 0 bridgehead atoms. The van der Waals surface area contributed by atoms with Gasteiger partial charge in [-0.1, -0.05) is 34.1 Å². The Kier molecular flexibility index (Phi) is 5.03. The molecule has 0 aliphatic rings. The Morgan fingerprint density at radius 1 is 1.14 bits per heavy atom. The molecule has 1 amide bonds. The summed E-state index contributed by atoms with van der Waals surface area (Å²) in [6.45, 7) is 0.454. The number of carbonyl (C=O) groups is 1. The fourth-order valence-electron chi connectivity index (χ4n) is 2.02. The zero-order chi connectivity index (χ0) is 16.3. The average Bonchev–Trinajstić information content (AvgIpc) is 2.48. The van der Waals surface area contributed by atoms with E-state index in [1.54, 1.807) is 24.1 Å². The van der Waals surface area contributed by atoms with E-state index in [-0.39, 0.29) is 10.8 Å². The van der Waals surface area contributed by atoms with Gasteiger partial charge in [0.25, 0.3) is 5.91 Å². The van der Waals surface area contributed by atoms with Crippen molar-refractivity contribution in [3.05, 3.63) is 64.1 Å². The minimum Gasteiger partial charge on any atom is -0.337 e. The molecule has 22 heavy (non-hydrogen) atoms. The van der Waals surface area contributed by atoms with Gasteiger partial charge in [0.05, 0.1) is 4.90 Å². The van der Waals surface area contributed by atoms with Crippen LogP contribution in [0.1, 0.15) is 15.9 Å². The van der Waals surface area contributed by atoms with E-state index in [9.17, 15) is 13.2 Å². The molecule has 0 fully saturated rings. The van der Waals surface area contributed by atoms with Crippen LogP contribution < -0.4 is 0 Å². The van der Waals surface area contributed by atoms with E-state index in [0.29, 0.717) is 12.1 Å². The number of hydrogen-bond acceptors (Lipinski definition) is 3. The van der Waals surface area contributed by atoms with Crippen molar-refractivity contribution in [2.45, 2.75) is 11.4 Å². The minimum atomic E-state index is -3.32. The van der Waals surface area contributed by atoms with E-state index < -0.39 is 9.84 Å². The summed E-state index contributed by atoms with van der Waals surface area (Å²) in [4.78, 5) is 14.1. The van der Waals surface area contributed by atoms with E-state index in [2.05, 4.69) is 15.9 Å². The van der Waals surface area contributed by atoms with Gasteiger partial charge < -0.3 is 4.90 Å². The third-order valence-electron chi connectivity index (χ3n) is 3.19. The van der Waals surface area contributed by atoms with Crippen molar-refractivity contribution in [1.82, 2.24) is 4.90 Å². The highest BCUT2D eigenvalue weighted by atomic mass is 79.9. The molecule has 2 aromatic carbocycles. The van der Waals surface area contributed by atoms with Gasteiger partial charge in [-0.2, -0.15) is 0 Å². The van der Waals surface area contributed by atoms with Crippen molar-refractivity contribution in [3.63, 3.8) is 0 Å². The zero-order valence-electron chi connectivity index (χ0n) is 12.3. The second-order valence-electron chi connectivity index (χ2n) is 5.09. The van der Waals surface area contributed by atoms with Crippen LogP contribution in [0.15, 0.2) is 57.9 Å². The van der Waals surface area contributed by atoms with Crippen molar-refractivity contribution in [2.75, 3.05) is 13.3 Å². The van der Waals surface area contributed by atoms with E-state index in [4.69, 9.17) is 0 Å². The molecule has 0 spiro atoms. The molecular weight excluding hydrogens is 366 g/mol. The Morgan fingerprint density at radius 3 is 2.36 bits per heavy atom. The first kappa shape index (κ1) is 16.7. The van der Waals surface area contributed by atoms with Crippen LogP contribution in [0.5, 0.6) is 0 Å². The van der Waals surface area contributed by atoms with Crippen LogP contribution in [0, 0.1) is 0 Å². The standard InChI is InChI=1S/C16H16BrNO3S/c1-18(11-12-6-8-14(17)9-7-12)16(19)13-4-3-5-15(10-13)22(2,20)21/h3-10H,11H2,1-2H3. The number of rotatable bonds is 4. The van der Waals surface area contributed by atoms with Crippen LogP contribution in [-0.4, -0.2) is 32.5 Å². The molecule has 0 heterocycles. The highest BCUT2D eigenvalue weighted by Gasteiger charge is 2.15. The highest BCUT2D eigenvalue weighted by molar-refractivity contribution is 9.10. The Labute approximate surface area is 138 Å². The van der Waals surface area contributed by atoms with Gasteiger partial charge >= 0.3 is 0 Å². The van der Waals surface area contributed by atoms with Gasteiger partial charge in [0, 0.05) is 29.9 Å². The average molecular weight is 382 g/mol. The number of hydrogen-bond donors (Lipinski definition) is 0. The molecule has 0 saturated carbocycles. The number of amides is 1. The van der Waals surface area contributed by atoms with Crippen LogP contribution >= 0.6 is 15.9 Å². The molecule has 0 radical (unpaired) electrons. The smallest absolute Gasteiger partial charge is 0.253 e. The van der Waals surface area contributed by atoms with Crippen LogP contribution in [0.3, 0.4) is 0 Å². The summed E-state index contributed by atoms with van der Waals surface area (Å²) in [5.41, 5.74) is 1.36. The number of sulfone groups is 1. The topological polar surface area (TPSA) is 54.5 Å². The Hall–Kier alpha value is -1.66. The van der Waals surface area contributed by atoms with Crippen LogP contribution in [-0.2, 0) is 16.4 Å². The largest absolute Gasteiger partial charge is 0.337 e. The molecule has 2 aromatic rings. The molecule has 0 aromatic heterocycles. The fourth-order valence-corrected chi connectivity index (χ4v) is 2.95. The normalized spacial score (nSPS) is 11.2. The predicted octanol–water partition coefficient (Wildman–Crippen LogP) is 3.12. The summed E-state index contributed by atoms with van der Waals surface area (Å²) < 4.78 is 24.1. The van der Waals surface area contributed by atoms with E-state index in [1.807, 2.05) is 24.3 Å². The molecule has 0 aliphatic carbocycles. The predicted molar refractivity (Wildman–Crippen MR) is 89.5 cm³/mol. The molecular formula is C16H16BrNO3S. The van der Waals surface area contributed by atoms with Crippen LogP contribution in [0.4, 0.5) is 0 Å². The summed E-state index contributed by atoms with van der Waals surface area (Å²) in [6.07, 6.45) is 1.13. The van der Waals surface area contributed by atoms with Crippen molar-refractivity contribution in [2.24, 2.45) is 0 Å². The zero-order valence-corrected chi connectivity index (χ0v) is 14.7. The SMILES string of the molecule is CN(Cc1ccc(Br)cc1)C(=O)c1cccc(S(C)(=O)=O)c1. The molecule has 0 N–H and O–H groups in total. The van der Waals surface area contributed by atoms with Crippen molar-refractivity contribution in [1.29, 1.82) is 0 Å². The summed E-state index contributed by atoms with van der Waals surface area (Å²) >= 11 is 3.37. The molecule has 0 aliphatic heterocycles. The van der Waals surface area contributed by atoms with Gasteiger partial charge in [-0.25, -0.2) is 8.42 Å². The lowest BCUT2D eigenvalue weighted by molar-refractivity contribution is 0.0785. The van der Waals surface area contributed by atoms with Crippen molar-refractivity contribution < 1.29 is 13.2 Å². The van der Waals surface area contributed by atoms with E-state index in [0.717, 1.165) is 16.3 Å². The Bertz CT molecular complexity index is 785. The van der Waals surface area contributed by atoms with E-state index in [1.165, 1.54) is 12.1 Å². The summed E-state index contributed by atoms with van der Waals surface area (Å²) in [7, 11) is -1.63. The van der Waals surface area contributed by atoms with Crippen molar-refractivity contribution in [3.8, 4) is 0 Å². The molecule has 2 rings (SSSR count). The molecule has 6 heteroatoms. The molecule has 0 unspecified atom stereocenters. The number of carbonyl (C=O) groups excluding carboxylic acids is 1. The summed E-state index contributed by atoms with van der Waals surface area (Å²) in [5, 5.41) is 0. The minimum absolute atomic E-state index is 0.149. The van der Waals surface area contributed by atoms with Gasteiger partial charge in [0.2, 0.25) is 0 Å². The second-order valence-corrected chi connectivity index (χ2v) is 8.02. The summed E-state index contributed by atoms with van der Waals surface area (Å²) in [6, 6.07) is 13.8. The quantitative estimate of drug-likeness (QED) is 0.817.